The Bertz CT molecular complexity index is 487. The second kappa shape index (κ2) is 6.40. The van der Waals surface area contributed by atoms with E-state index in [1.807, 2.05) is 13.8 Å². The van der Waals surface area contributed by atoms with Gasteiger partial charge in [-0.25, -0.2) is 4.98 Å². The predicted molar refractivity (Wildman–Crippen MR) is 77.6 cm³/mol. The lowest BCUT2D eigenvalue weighted by atomic mass is 10.3. The molecule has 118 valence electrons. The Labute approximate surface area is 127 Å². The molecule has 1 aliphatic carbocycles. The molecule has 1 heterocycles. The third-order valence-corrected chi connectivity index (χ3v) is 3.56. The zero-order valence-electron chi connectivity index (χ0n) is 12.0. The maximum absolute atomic E-state index is 12.7. The van der Waals surface area contributed by atoms with Crippen LogP contribution in [0.5, 0.6) is 0 Å². The van der Waals surface area contributed by atoms with Crippen molar-refractivity contribution in [2.45, 2.75) is 51.5 Å². The van der Waals surface area contributed by atoms with Gasteiger partial charge in [0.05, 0.1) is 10.7 Å². The zero-order valence-corrected chi connectivity index (χ0v) is 12.8. The summed E-state index contributed by atoms with van der Waals surface area (Å²) in [6.07, 6.45) is -2.68. The van der Waals surface area contributed by atoms with Gasteiger partial charge in [-0.3, -0.25) is 0 Å². The Morgan fingerprint density at radius 1 is 1.38 bits per heavy atom. The van der Waals surface area contributed by atoms with Crippen molar-refractivity contribution in [1.82, 2.24) is 10.3 Å². The fraction of sp³-hybridized carbons (Fsp3) is 0.643. The standard InChI is InChI=1S/C14H19ClF3N3/c1-9(2)19-7-12-11(15)5-6-13(20-12)21(10-3-4-10)8-14(16,17)18/h5-6,9-10,19H,3-4,7-8H2,1-2H3. The number of hydrogen-bond donors (Lipinski definition) is 1. The monoisotopic (exact) mass is 321 g/mol. The van der Waals surface area contributed by atoms with Crippen LogP contribution in [-0.2, 0) is 6.54 Å². The molecule has 0 atom stereocenters. The fourth-order valence-corrected chi connectivity index (χ4v) is 2.21. The van der Waals surface area contributed by atoms with Crippen LogP contribution in [0.1, 0.15) is 32.4 Å². The van der Waals surface area contributed by atoms with Crippen molar-refractivity contribution in [3.05, 3.63) is 22.8 Å². The molecule has 1 fully saturated rings. The van der Waals surface area contributed by atoms with Crippen LogP contribution in [0.25, 0.3) is 0 Å². The Hall–Kier alpha value is -1.01. The molecule has 3 nitrogen and oxygen atoms in total. The molecule has 0 spiro atoms. The number of nitrogens with one attached hydrogen (secondary N) is 1. The van der Waals surface area contributed by atoms with E-state index in [0.717, 1.165) is 12.8 Å². The Morgan fingerprint density at radius 3 is 2.57 bits per heavy atom. The van der Waals surface area contributed by atoms with E-state index in [-0.39, 0.29) is 12.1 Å². The summed E-state index contributed by atoms with van der Waals surface area (Å²) in [6, 6.07) is 3.37. The molecule has 2 rings (SSSR count). The van der Waals surface area contributed by atoms with Gasteiger partial charge >= 0.3 is 6.18 Å². The minimum absolute atomic E-state index is 0.0637. The van der Waals surface area contributed by atoms with Crippen molar-refractivity contribution in [1.29, 1.82) is 0 Å². The van der Waals surface area contributed by atoms with Crippen LogP contribution in [0, 0.1) is 0 Å². The SMILES string of the molecule is CC(C)NCc1nc(N(CC(F)(F)F)C2CC2)ccc1Cl. The van der Waals surface area contributed by atoms with Crippen LogP contribution in [0.4, 0.5) is 19.0 Å². The van der Waals surface area contributed by atoms with Crippen LogP contribution < -0.4 is 10.2 Å². The fourth-order valence-electron chi connectivity index (χ4n) is 2.03. The van der Waals surface area contributed by atoms with Crippen molar-refractivity contribution < 1.29 is 13.2 Å². The maximum Gasteiger partial charge on any atom is 0.405 e. The minimum Gasteiger partial charge on any atom is -0.345 e. The van der Waals surface area contributed by atoms with Gasteiger partial charge in [0, 0.05) is 18.6 Å². The van der Waals surface area contributed by atoms with E-state index >= 15 is 0 Å². The van der Waals surface area contributed by atoms with E-state index in [1.165, 1.54) is 4.90 Å². The molecule has 1 N–H and O–H groups in total. The first-order valence-electron chi connectivity index (χ1n) is 6.98. The van der Waals surface area contributed by atoms with Crippen molar-refractivity contribution in [2.24, 2.45) is 0 Å². The van der Waals surface area contributed by atoms with Crippen molar-refractivity contribution in [3.63, 3.8) is 0 Å². The molecular formula is C14H19ClF3N3. The molecule has 0 unspecified atom stereocenters. The summed E-state index contributed by atoms with van der Waals surface area (Å²) in [5.41, 5.74) is 0.579. The highest BCUT2D eigenvalue weighted by Gasteiger charge is 2.38. The number of nitrogens with zero attached hydrogens (tertiary/aromatic N) is 2. The molecule has 0 amide bonds. The van der Waals surface area contributed by atoms with E-state index in [2.05, 4.69) is 10.3 Å². The first-order valence-corrected chi connectivity index (χ1v) is 7.36. The summed E-state index contributed by atoms with van der Waals surface area (Å²) in [5.74, 6) is 0.347. The highest BCUT2D eigenvalue weighted by molar-refractivity contribution is 6.31. The summed E-state index contributed by atoms with van der Waals surface area (Å²) in [5, 5.41) is 3.64. The molecule has 1 saturated carbocycles. The van der Waals surface area contributed by atoms with Crippen molar-refractivity contribution in [3.8, 4) is 0 Å². The van der Waals surface area contributed by atoms with E-state index in [0.29, 0.717) is 23.1 Å². The van der Waals surface area contributed by atoms with Gasteiger partial charge in [-0.2, -0.15) is 13.2 Å². The topological polar surface area (TPSA) is 28.2 Å². The van der Waals surface area contributed by atoms with Gasteiger partial charge in [0.1, 0.15) is 12.4 Å². The number of aromatic nitrogens is 1. The zero-order chi connectivity index (χ0) is 15.6. The molecule has 7 heteroatoms. The van der Waals surface area contributed by atoms with E-state index in [1.54, 1.807) is 12.1 Å². The van der Waals surface area contributed by atoms with Gasteiger partial charge in [-0.1, -0.05) is 25.4 Å². The van der Waals surface area contributed by atoms with Gasteiger partial charge in [-0.05, 0) is 25.0 Å². The summed E-state index contributed by atoms with van der Waals surface area (Å²) >= 11 is 6.07. The lowest BCUT2D eigenvalue weighted by Gasteiger charge is -2.25. The molecular weight excluding hydrogens is 303 g/mol. The molecule has 0 saturated heterocycles. The molecule has 1 aromatic rings. The number of halogens is 4. The molecule has 0 aromatic carbocycles. The first-order chi connectivity index (χ1) is 9.76. The summed E-state index contributed by atoms with van der Waals surface area (Å²) in [6.45, 7) is 3.44. The average Bonchev–Trinajstić information content (AvgIpc) is 3.18. The molecule has 1 aliphatic rings. The van der Waals surface area contributed by atoms with Gasteiger partial charge in [0.15, 0.2) is 0 Å². The van der Waals surface area contributed by atoms with Crippen LogP contribution in [0.2, 0.25) is 5.02 Å². The van der Waals surface area contributed by atoms with Crippen LogP contribution >= 0.6 is 11.6 Å². The highest BCUT2D eigenvalue weighted by atomic mass is 35.5. The molecule has 1 aromatic heterocycles. The van der Waals surface area contributed by atoms with Gasteiger partial charge in [-0.15, -0.1) is 0 Å². The lowest BCUT2D eigenvalue weighted by molar-refractivity contribution is -0.120. The molecule has 21 heavy (non-hydrogen) atoms. The van der Waals surface area contributed by atoms with Crippen molar-refractivity contribution >= 4 is 17.4 Å². The summed E-state index contributed by atoms with van der Waals surface area (Å²) in [7, 11) is 0. The second-order valence-electron chi connectivity index (χ2n) is 5.61. The second-order valence-corrected chi connectivity index (χ2v) is 6.02. The summed E-state index contributed by atoms with van der Waals surface area (Å²) in [4.78, 5) is 5.65. The predicted octanol–water partition coefficient (Wildman–Crippen LogP) is 3.76. The van der Waals surface area contributed by atoms with Gasteiger partial charge in [0.2, 0.25) is 0 Å². The largest absolute Gasteiger partial charge is 0.405 e. The molecule has 0 aliphatic heterocycles. The van der Waals surface area contributed by atoms with E-state index in [4.69, 9.17) is 11.6 Å². The van der Waals surface area contributed by atoms with Crippen LogP contribution in [0.15, 0.2) is 12.1 Å². The number of anilines is 1. The third kappa shape index (κ3) is 5.04. The quantitative estimate of drug-likeness (QED) is 0.864. The highest BCUT2D eigenvalue weighted by Crippen LogP contribution is 2.34. The molecule has 0 radical (unpaired) electrons. The minimum atomic E-state index is -4.24. The van der Waals surface area contributed by atoms with E-state index in [9.17, 15) is 13.2 Å². The van der Waals surface area contributed by atoms with Crippen LogP contribution in [0.3, 0.4) is 0 Å². The number of pyridine rings is 1. The normalized spacial score (nSPS) is 15.6. The Morgan fingerprint density at radius 2 is 2.05 bits per heavy atom. The van der Waals surface area contributed by atoms with Crippen LogP contribution in [-0.4, -0.2) is 29.8 Å². The smallest absolute Gasteiger partial charge is 0.345 e. The van der Waals surface area contributed by atoms with Crippen molar-refractivity contribution in [2.75, 3.05) is 11.4 Å². The Balaban J connectivity index is 2.18. The number of alkyl halides is 3. The number of hydrogen-bond acceptors (Lipinski definition) is 3. The Kier molecular flexibility index (Phi) is 4.99. The summed E-state index contributed by atoms with van der Waals surface area (Å²) < 4.78 is 38.1. The van der Waals surface area contributed by atoms with E-state index < -0.39 is 12.7 Å². The number of rotatable bonds is 6. The van der Waals surface area contributed by atoms with Gasteiger partial charge in [0.25, 0.3) is 0 Å². The molecule has 0 bridgehead atoms. The lowest BCUT2D eigenvalue weighted by Crippen LogP contribution is -2.36. The van der Waals surface area contributed by atoms with Gasteiger partial charge < -0.3 is 10.2 Å². The maximum atomic E-state index is 12.7. The first kappa shape index (κ1) is 16.4. The average molecular weight is 322 g/mol. The third-order valence-electron chi connectivity index (χ3n) is 3.21.